The molecule has 150 valence electrons. The number of carbonyl (C=O) groups is 1. The Morgan fingerprint density at radius 1 is 1.19 bits per heavy atom. The standard InChI is InChI=1S/C18H26N2O6S/c1-6-26-9-7-8-19-18(21)17-12(2)13-10-15(24-4)16(25-5)11-14(13)20(3)27(17,22)23/h10-11H,6-9H2,1-5H3,(H,19,21). The van der Waals surface area contributed by atoms with E-state index in [9.17, 15) is 13.2 Å². The minimum atomic E-state index is -3.98. The first-order chi connectivity index (χ1) is 12.8. The van der Waals surface area contributed by atoms with E-state index < -0.39 is 15.9 Å². The van der Waals surface area contributed by atoms with Crippen LogP contribution in [0.3, 0.4) is 0 Å². The van der Waals surface area contributed by atoms with Crippen molar-refractivity contribution in [3.63, 3.8) is 0 Å². The lowest BCUT2D eigenvalue weighted by Gasteiger charge is -2.30. The summed E-state index contributed by atoms with van der Waals surface area (Å²) in [5, 5.41) is 2.66. The Hall–Kier alpha value is -2.26. The number of allylic oxidation sites excluding steroid dienone is 1. The molecule has 1 amide bonds. The SMILES string of the molecule is CCOCCCNC(=O)C1=C(C)c2cc(OC)c(OC)cc2N(C)S1(=O)=O. The van der Waals surface area contributed by atoms with E-state index in [0.717, 1.165) is 4.31 Å². The fourth-order valence-corrected chi connectivity index (χ4v) is 4.39. The van der Waals surface area contributed by atoms with E-state index in [1.165, 1.54) is 21.3 Å². The average molecular weight is 398 g/mol. The molecule has 0 radical (unpaired) electrons. The Bertz CT molecular complexity index is 848. The van der Waals surface area contributed by atoms with Crippen LogP contribution in [0.15, 0.2) is 17.0 Å². The van der Waals surface area contributed by atoms with Gasteiger partial charge in [-0.2, -0.15) is 0 Å². The number of nitrogens with one attached hydrogen (secondary N) is 1. The minimum Gasteiger partial charge on any atom is -0.493 e. The molecule has 1 aliphatic rings. The molecule has 8 nitrogen and oxygen atoms in total. The van der Waals surface area contributed by atoms with Crippen LogP contribution in [-0.4, -0.2) is 55.4 Å². The highest BCUT2D eigenvalue weighted by Gasteiger charge is 2.38. The van der Waals surface area contributed by atoms with Crippen LogP contribution in [0.1, 0.15) is 25.8 Å². The van der Waals surface area contributed by atoms with Crippen LogP contribution in [0, 0.1) is 0 Å². The smallest absolute Gasteiger partial charge is 0.269 e. The van der Waals surface area contributed by atoms with Crippen molar-refractivity contribution in [2.75, 3.05) is 45.3 Å². The fraction of sp³-hybridized carbons (Fsp3) is 0.500. The van der Waals surface area contributed by atoms with E-state index in [1.807, 2.05) is 6.92 Å². The van der Waals surface area contributed by atoms with Crippen molar-refractivity contribution >= 4 is 27.2 Å². The molecule has 1 aromatic rings. The maximum atomic E-state index is 12.9. The molecule has 0 spiro atoms. The second kappa shape index (κ2) is 8.62. The van der Waals surface area contributed by atoms with Gasteiger partial charge in [0.15, 0.2) is 16.4 Å². The van der Waals surface area contributed by atoms with Crippen LogP contribution in [0.4, 0.5) is 5.69 Å². The second-order valence-corrected chi connectivity index (χ2v) is 7.86. The van der Waals surface area contributed by atoms with Crippen molar-refractivity contribution in [1.82, 2.24) is 5.32 Å². The monoisotopic (exact) mass is 398 g/mol. The summed E-state index contributed by atoms with van der Waals surface area (Å²) in [6, 6.07) is 3.27. The van der Waals surface area contributed by atoms with Gasteiger partial charge in [0, 0.05) is 38.4 Å². The van der Waals surface area contributed by atoms with Gasteiger partial charge >= 0.3 is 0 Å². The Morgan fingerprint density at radius 2 is 1.81 bits per heavy atom. The number of benzene rings is 1. The van der Waals surface area contributed by atoms with E-state index in [-0.39, 0.29) is 4.91 Å². The number of rotatable bonds is 8. The molecule has 9 heteroatoms. The van der Waals surface area contributed by atoms with Crippen molar-refractivity contribution in [3.8, 4) is 11.5 Å². The van der Waals surface area contributed by atoms with E-state index in [4.69, 9.17) is 14.2 Å². The molecule has 0 fully saturated rings. The van der Waals surface area contributed by atoms with Crippen LogP contribution in [0.25, 0.3) is 5.57 Å². The van der Waals surface area contributed by atoms with Gasteiger partial charge in [0.25, 0.3) is 15.9 Å². The molecule has 27 heavy (non-hydrogen) atoms. The fourth-order valence-electron chi connectivity index (χ4n) is 2.90. The van der Waals surface area contributed by atoms with Gasteiger partial charge in [-0.1, -0.05) is 0 Å². The lowest BCUT2D eigenvalue weighted by molar-refractivity contribution is -0.116. The molecule has 0 unspecified atom stereocenters. The molecule has 1 aliphatic heterocycles. The molecule has 0 saturated carbocycles. The molecule has 0 saturated heterocycles. The summed E-state index contributed by atoms with van der Waals surface area (Å²) in [6.07, 6.45) is 0.601. The summed E-state index contributed by atoms with van der Waals surface area (Å²) in [6.45, 7) is 4.93. The highest BCUT2D eigenvalue weighted by atomic mass is 32.2. The summed E-state index contributed by atoms with van der Waals surface area (Å²) in [5.41, 5.74) is 1.40. The first kappa shape index (κ1) is 21.0. The number of hydrogen-bond acceptors (Lipinski definition) is 6. The Labute approximate surface area is 160 Å². The van der Waals surface area contributed by atoms with E-state index >= 15 is 0 Å². The van der Waals surface area contributed by atoms with Crippen molar-refractivity contribution in [1.29, 1.82) is 0 Å². The van der Waals surface area contributed by atoms with Gasteiger partial charge in [0.2, 0.25) is 0 Å². The summed E-state index contributed by atoms with van der Waals surface area (Å²) in [7, 11) is 0.405. The zero-order chi connectivity index (χ0) is 20.2. The maximum Gasteiger partial charge on any atom is 0.269 e. The number of amides is 1. The Morgan fingerprint density at radius 3 is 2.41 bits per heavy atom. The van der Waals surface area contributed by atoms with Crippen LogP contribution in [0.2, 0.25) is 0 Å². The maximum absolute atomic E-state index is 12.9. The number of fused-ring (bicyclic) bond motifs is 1. The zero-order valence-corrected chi connectivity index (χ0v) is 17.1. The average Bonchev–Trinajstić information content (AvgIpc) is 2.64. The second-order valence-electron chi connectivity index (χ2n) is 5.96. The number of sulfonamides is 1. The number of methoxy groups -OCH3 is 2. The molecule has 0 aliphatic carbocycles. The molecule has 1 N–H and O–H groups in total. The number of carbonyl (C=O) groups excluding carboxylic acids is 1. The lowest BCUT2D eigenvalue weighted by atomic mass is 10.0. The van der Waals surface area contributed by atoms with E-state index in [0.29, 0.717) is 54.5 Å². The third kappa shape index (κ3) is 4.03. The largest absolute Gasteiger partial charge is 0.493 e. The van der Waals surface area contributed by atoms with Gasteiger partial charge in [-0.25, -0.2) is 8.42 Å². The third-order valence-corrected chi connectivity index (χ3v) is 6.29. The topological polar surface area (TPSA) is 94.2 Å². The molecular formula is C18H26N2O6S. The Balaban J connectivity index is 2.43. The predicted molar refractivity (Wildman–Crippen MR) is 104 cm³/mol. The first-order valence-corrected chi connectivity index (χ1v) is 10.1. The van der Waals surface area contributed by atoms with Crippen molar-refractivity contribution in [2.45, 2.75) is 20.3 Å². The first-order valence-electron chi connectivity index (χ1n) is 8.61. The van der Waals surface area contributed by atoms with Crippen LogP contribution in [0.5, 0.6) is 11.5 Å². The van der Waals surface area contributed by atoms with Crippen LogP contribution in [-0.2, 0) is 19.6 Å². The van der Waals surface area contributed by atoms with Crippen LogP contribution < -0.4 is 19.1 Å². The number of nitrogens with zero attached hydrogens (tertiary/aromatic N) is 1. The van der Waals surface area contributed by atoms with E-state index in [1.54, 1.807) is 19.1 Å². The van der Waals surface area contributed by atoms with Gasteiger partial charge in [0.1, 0.15) is 0 Å². The zero-order valence-electron chi connectivity index (χ0n) is 16.3. The van der Waals surface area contributed by atoms with Crippen molar-refractivity contribution in [2.24, 2.45) is 0 Å². The van der Waals surface area contributed by atoms with Crippen LogP contribution >= 0.6 is 0 Å². The molecule has 0 atom stereocenters. The predicted octanol–water partition coefficient (Wildman–Crippen LogP) is 1.76. The molecule has 0 aromatic heterocycles. The highest BCUT2D eigenvalue weighted by Crippen LogP contribution is 2.44. The Kier molecular flexibility index (Phi) is 6.72. The summed E-state index contributed by atoms with van der Waals surface area (Å²) in [5.74, 6) is 0.242. The molecular weight excluding hydrogens is 372 g/mol. The normalized spacial score (nSPS) is 15.4. The number of anilines is 1. The quantitative estimate of drug-likeness (QED) is 0.671. The van der Waals surface area contributed by atoms with Gasteiger partial charge < -0.3 is 19.5 Å². The summed E-state index contributed by atoms with van der Waals surface area (Å²) < 4.78 is 42.7. The highest BCUT2D eigenvalue weighted by molar-refractivity contribution is 7.97. The molecule has 0 bridgehead atoms. The van der Waals surface area contributed by atoms with Gasteiger partial charge in [-0.15, -0.1) is 0 Å². The molecule has 1 heterocycles. The third-order valence-electron chi connectivity index (χ3n) is 4.37. The summed E-state index contributed by atoms with van der Waals surface area (Å²) >= 11 is 0. The molecule has 2 rings (SSSR count). The van der Waals surface area contributed by atoms with Crippen molar-refractivity contribution in [3.05, 3.63) is 22.6 Å². The lowest BCUT2D eigenvalue weighted by Crippen LogP contribution is -2.39. The van der Waals surface area contributed by atoms with Gasteiger partial charge in [-0.05, 0) is 31.9 Å². The molecule has 1 aromatic carbocycles. The minimum absolute atomic E-state index is 0.263. The summed E-state index contributed by atoms with van der Waals surface area (Å²) in [4.78, 5) is 12.4. The van der Waals surface area contributed by atoms with Gasteiger partial charge in [0.05, 0.1) is 19.9 Å². The van der Waals surface area contributed by atoms with E-state index in [2.05, 4.69) is 5.32 Å². The van der Waals surface area contributed by atoms with Gasteiger partial charge in [-0.3, -0.25) is 9.10 Å². The van der Waals surface area contributed by atoms with Crippen molar-refractivity contribution < 1.29 is 27.4 Å². The number of ether oxygens (including phenoxy) is 3. The number of hydrogen-bond donors (Lipinski definition) is 1.